The molecular formula is C80H151N2O20P. The molecule has 2 saturated heterocycles. The summed E-state index contributed by atoms with van der Waals surface area (Å²) in [6.07, 6.45) is 31.8. The van der Waals surface area contributed by atoms with Gasteiger partial charge in [-0.1, -0.05) is 311 Å². The molecule has 2 aliphatic rings. The molecule has 0 radical (unpaired) electrons. The molecule has 13 atom stereocenters. The summed E-state index contributed by atoms with van der Waals surface area (Å²) in [5.41, 5.74) is 0. The van der Waals surface area contributed by atoms with E-state index in [1.54, 1.807) is 0 Å². The molecule has 0 aliphatic carbocycles. The van der Waals surface area contributed by atoms with Crippen LogP contribution in [0, 0.1) is 0 Å². The number of nitrogens with one attached hydrogen (secondary N) is 2. The number of phosphoric ester groups is 1. The van der Waals surface area contributed by atoms with Crippen molar-refractivity contribution in [3.63, 3.8) is 0 Å². The van der Waals surface area contributed by atoms with Crippen molar-refractivity contribution in [2.24, 2.45) is 0 Å². The van der Waals surface area contributed by atoms with Crippen LogP contribution < -0.4 is 10.6 Å². The average molecular weight is 1490 g/mol. The van der Waals surface area contributed by atoms with E-state index in [0.717, 1.165) is 154 Å². The Hall–Kier alpha value is -2.86. The van der Waals surface area contributed by atoms with Gasteiger partial charge in [-0.2, -0.15) is 0 Å². The molecule has 2 aliphatic heterocycles. The number of amides is 2. The first kappa shape index (κ1) is 96.2. The molecule has 2 heterocycles. The molecule has 1 unspecified atom stereocenters. The SMILES string of the molecule is CCCCCCCCCCCCCC(=O)O[C@H](CCCCCCCCCCC)CC(=O)O[C@@H]1[C@@H](NC(=O)C[C@@H](CCCCCCCCCCC)OC(=O)CCCCCCCCCCC)[C@H](OC[C@H]2OC(O)[C@H](NC(=O)C[C@H](O)CCCCCCCCCCC)[C@@H](O)[C@@H]2O)O[C@H](CO)[C@H]1OP(=O)(O)O. The van der Waals surface area contributed by atoms with Gasteiger partial charge in [0.15, 0.2) is 18.7 Å². The van der Waals surface area contributed by atoms with Crippen LogP contribution in [-0.4, -0.2) is 158 Å². The first-order valence-corrected chi connectivity index (χ1v) is 43.5. The molecule has 2 fully saturated rings. The van der Waals surface area contributed by atoms with Crippen molar-refractivity contribution in [3.05, 3.63) is 0 Å². The van der Waals surface area contributed by atoms with E-state index in [2.05, 4.69) is 45.3 Å². The number of aliphatic hydroxyl groups is 5. The van der Waals surface area contributed by atoms with Gasteiger partial charge in [0.1, 0.15) is 54.8 Å². The molecule has 606 valence electrons. The highest BCUT2D eigenvalue weighted by atomic mass is 31.2. The fourth-order valence-electron chi connectivity index (χ4n) is 14.1. The van der Waals surface area contributed by atoms with Gasteiger partial charge in [-0.25, -0.2) is 4.57 Å². The van der Waals surface area contributed by atoms with Gasteiger partial charge >= 0.3 is 25.7 Å². The van der Waals surface area contributed by atoms with Gasteiger partial charge in [0, 0.05) is 12.8 Å². The lowest BCUT2D eigenvalue weighted by Crippen LogP contribution is -2.67. The normalized spacial score (nSPS) is 21.6. The molecule has 103 heavy (non-hydrogen) atoms. The zero-order valence-corrected chi connectivity index (χ0v) is 66.1. The van der Waals surface area contributed by atoms with Crippen LogP contribution in [0.15, 0.2) is 0 Å². The van der Waals surface area contributed by atoms with E-state index in [9.17, 15) is 63.9 Å². The number of esters is 3. The molecule has 0 aromatic rings. The van der Waals surface area contributed by atoms with Crippen molar-refractivity contribution >= 4 is 37.5 Å². The average Bonchev–Trinajstić information content (AvgIpc) is 0.783. The van der Waals surface area contributed by atoms with Gasteiger partial charge in [-0.15, -0.1) is 0 Å². The van der Waals surface area contributed by atoms with Crippen molar-refractivity contribution in [3.8, 4) is 0 Å². The molecule has 2 amide bonds. The molecule has 0 saturated carbocycles. The van der Waals surface area contributed by atoms with Crippen molar-refractivity contribution in [2.75, 3.05) is 13.2 Å². The number of carbonyl (C=O) groups excluding carboxylic acids is 5. The maximum Gasteiger partial charge on any atom is 0.470 e. The molecule has 23 heteroatoms. The Morgan fingerprint density at radius 2 is 0.757 bits per heavy atom. The summed E-state index contributed by atoms with van der Waals surface area (Å²) in [6.45, 7) is 9.17. The summed E-state index contributed by atoms with van der Waals surface area (Å²) in [6, 6.07) is -3.31. The fraction of sp³-hybridized carbons (Fsp3) is 0.938. The molecule has 0 spiro atoms. The number of hydrogen-bond acceptors (Lipinski definition) is 18. The molecular weight excluding hydrogens is 1340 g/mol. The largest absolute Gasteiger partial charge is 0.470 e. The van der Waals surface area contributed by atoms with Gasteiger partial charge in [-0.05, 0) is 44.9 Å². The minimum Gasteiger partial charge on any atom is -0.462 e. The van der Waals surface area contributed by atoms with E-state index in [0.29, 0.717) is 51.4 Å². The second kappa shape index (κ2) is 63.0. The number of unbranched alkanes of at least 4 members (excludes halogenated alkanes) is 42. The van der Waals surface area contributed by atoms with Crippen LogP contribution >= 0.6 is 7.82 Å². The molecule has 9 N–H and O–H groups in total. The Balaban J connectivity index is 2.53. The summed E-state index contributed by atoms with van der Waals surface area (Å²) in [5.74, 6) is -3.46. The van der Waals surface area contributed by atoms with Crippen LogP contribution in [-0.2, 0) is 61.5 Å². The third-order valence-electron chi connectivity index (χ3n) is 20.3. The van der Waals surface area contributed by atoms with Gasteiger partial charge in [0.05, 0.1) is 38.6 Å². The number of phosphoric acid groups is 1. The van der Waals surface area contributed by atoms with E-state index in [1.165, 1.54) is 116 Å². The second-order valence-electron chi connectivity index (χ2n) is 30.0. The summed E-state index contributed by atoms with van der Waals surface area (Å²) in [7, 11) is -5.55. The Morgan fingerprint density at radius 3 is 1.15 bits per heavy atom. The quantitative estimate of drug-likeness (QED) is 0.0118. The zero-order valence-electron chi connectivity index (χ0n) is 65.2. The minimum absolute atomic E-state index is 0.130. The van der Waals surface area contributed by atoms with Crippen LogP contribution in [0.4, 0.5) is 0 Å². The molecule has 0 aromatic carbocycles. The summed E-state index contributed by atoms with van der Waals surface area (Å²) in [4.78, 5) is 90.9. The molecule has 22 nitrogen and oxygen atoms in total. The highest BCUT2D eigenvalue weighted by Crippen LogP contribution is 2.43. The lowest BCUT2D eigenvalue weighted by Gasteiger charge is -2.46. The summed E-state index contributed by atoms with van der Waals surface area (Å²) in [5, 5.41) is 61.2. The van der Waals surface area contributed by atoms with Gasteiger partial charge in [-0.3, -0.25) is 28.5 Å². The van der Waals surface area contributed by atoms with Crippen LogP contribution in [0.2, 0.25) is 0 Å². The predicted octanol–water partition coefficient (Wildman–Crippen LogP) is 16.3. The number of carbonyl (C=O) groups is 5. The molecule has 0 bridgehead atoms. The van der Waals surface area contributed by atoms with Crippen LogP contribution in [0.3, 0.4) is 0 Å². The predicted molar refractivity (Wildman–Crippen MR) is 403 cm³/mol. The van der Waals surface area contributed by atoms with Gasteiger partial charge in [0.25, 0.3) is 0 Å². The van der Waals surface area contributed by atoms with E-state index >= 15 is 0 Å². The summed E-state index contributed by atoms with van der Waals surface area (Å²) >= 11 is 0. The topological polar surface area (TPSA) is 333 Å². The molecule has 0 aromatic heterocycles. The maximum atomic E-state index is 14.8. The Bertz CT molecular complexity index is 2140. The fourth-order valence-corrected chi connectivity index (χ4v) is 14.6. The number of aliphatic hydroxyl groups excluding tert-OH is 5. The minimum atomic E-state index is -5.55. The summed E-state index contributed by atoms with van der Waals surface area (Å²) < 4.78 is 54.7. The first-order chi connectivity index (χ1) is 49.8. The third kappa shape index (κ3) is 49.0. The lowest BCUT2D eigenvalue weighted by atomic mass is 9.95. The Morgan fingerprint density at radius 1 is 0.408 bits per heavy atom. The van der Waals surface area contributed by atoms with E-state index in [1.807, 2.05) is 0 Å². The van der Waals surface area contributed by atoms with Gasteiger partial charge in [0.2, 0.25) is 11.8 Å². The highest BCUT2D eigenvalue weighted by molar-refractivity contribution is 7.46. The number of hydrogen-bond donors (Lipinski definition) is 9. The van der Waals surface area contributed by atoms with Crippen LogP contribution in [0.25, 0.3) is 0 Å². The van der Waals surface area contributed by atoms with Crippen molar-refractivity contribution in [1.29, 1.82) is 0 Å². The lowest BCUT2D eigenvalue weighted by molar-refractivity contribution is -0.297. The van der Waals surface area contributed by atoms with Crippen molar-refractivity contribution in [2.45, 2.75) is 467 Å². The van der Waals surface area contributed by atoms with E-state index < -0.39 is 143 Å². The van der Waals surface area contributed by atoms with E-state index in [4.69, 9.17) is 32.9 Å². The van der Waals surface area contributed by atoms with Crippen molar-refractivity contribution < 1.29 is 96.8 Å². The second-order valence-corrected chi connectivity index (χ2v) is 31.2. The monoisotopic (exact) mass is 1490 g/mol. The van der Waals surface area contributed by atoms with Crippen LogP contribution in [0.5, 0.6) is 0 Å². The highest BCUT2D eigenvalue weighted by Gasteiger charge is 2.53. The third-order valence-corrected chi connectivity index (χ3v) is 20.9. The van der Waals surface area contributed by atoms with Crippen LogP contribution in [0.1, 0.15) is 388 Å². The van der Waals surface area contributed by atoms with Gasteiger partial charge < -0.3 is 74.4 Å². The molecule has 2 rings (SSSR count). The van der Waals surface area contributed by atoms with E-state index in [-0.39, 0.29) is 19.3 Å². The smallest absolute Gasteiger partial charge is 0.462 e. The number of rotatable bonds is 69. The first-order valence-electron chi connectivity index (χ1n) is 42.0. The standard InChI is InChI=1S/C80H151N2O20P/c1-6-11-16-21-26-31-32-37-42-47-52-57-71(88)98-65(55-50-45-40-35-29-24-19-14-9-4)60-72(89)101-78-74(82-69(86)59-64(54-49-44-39-34-28-23-18-13-8-3)97-70(87)56-51-46-41-36-30-25-20-15-10-5)80(100-66(61-83)77(78)102-103(93,94)95)96-62-67-75(90)76(91)73(79(92)99-67)81-68(85)58-63(84)53-48-43-38-33-27-22-17-12-7-2/h63-67,73-80,83-84,90-92H,6-62H2,1-5H3,(H,81,85)(H,82,86)(H2,93,94,95)/t63-,64-,65-,66-,67-,73-,74-,75-,76-,77-,78-,79?,80-/m1/s1. The zero-order chi connectivity index (χ0) is 75.6. The number of ether oxygens (including phenoxy) is 6. The maximum absolute atomic E-state index is 14.8. The Kier molecular flexibility index (Phi) is 58.8. The Labute approximate surface area is 622 Å². The van der Waals surface area contributed by atoms with Crippen molar-refractivity contribution in [1.82, 2.24) is 10.6 Å².